The molecule has 0 aliphatic carbocycles. The fourth-order valence-electron chi connectivity index (χ4n) is 2.85. The summed E-state index contributed by atoms with van der Waals surface area (Å²) in [6.07, 6.45) is 1.54. The van der Waals surface area contributed by atoms with Gasteiger partial charge in [0.05, 0.1) is 24.7 Å². The lowest BCUT2D eigenvalue weighted by molar-refractivity contribution is -0.117. The summed E-state index contributed by atoms with van der Waals surface area (Å²) in [6, 6.07) is 7.39. The van der Waals surface area contributed by atoms with E-state index >= 15 is 0 Å². The number of carbonyl (C=O) groups excluding carboxylic acids is 2. The fraction of sp³-hybridized carbons (Fsp3) is 0.368. The molecule has 29 heavy (non-hydrogen) atoms. The minimum absolute atomic E-state index is 0.0363. The van der Waals surface area contributed by atoms with Gasteiger partial charge in [-0.3, -0.25) is 14.7 Å². The normalized spacial score (nSPS) is 13.8. The Balaban J connectivity index is 1.79. The van der Waals surface area contributed by atoms with E-state index in [0.717, 1.165) is 24.3 Å². The van der Waals surface area contributed by atoms with Gasteiger partial charge in [0, 0.05) is 19.6 Å². The molecule has 2 heterocycles. The first kappa shape index (κ1) is 20.9. The molecule has 9 nitrogen and oxygen atoms in total. The molecule has 10 heteroatoms. The number of carbonyl (C=O) groups is 2. The molecule has 2 aromatic rings. The molecule has 1 fully saturated rings. The predicted molar refractivity (Wildman–Crippen MR) is 112 cm³/mol. The number of para-hydroxylation sites is 1. The van der Waals surface area contributed by atoms with E-state index in [1.165, 1.54) is 17.8 Å². The van der Waals surface area contributed by atoms with Crippen molar-refractivity contribution in [3.63, 3.8) is 0 Å². The smallest absolute Gasteiger partial charge is 0.321 e. The minimum atomic E-state index is -0.551. The summed E-state index contributed by atoms with van der Waals surface area (Å²) in [5.41, 5.74) is 2.02. The van der Waals surface area contributed by atoms with Crippen LogP contribution in [-0.4, -0.2) is 65.3 Å². The Kier molecular flexibility index (Phi) is 7.25. The molecule has 0 spiro atoms. The van der Waals surface area contributed by atoms with Gasteiger partial charge in [-0.25, -0.2) is 4.79 Å². The molecule has 0 bridgehead atoms. The Hall–Kier alpha value is -2.85. The topological polar surface area (TPSA) is 101 Å². The molecule has 154 valence electrons. The predicted octanol–water partition coefficient (Wildman–Crippen LogP) is 1.52. The Morgan fingerprint density at radius 1 is 1.28 bits per heavy atom. The van der Waals surface area contributed by atoms with Crippen LogP contribution in [0.3, 0.4) is 0 Å². The molecular weight excluding hydrogens is 392 g/mol. The van der Waals surface area contributed by atoms with Crippen molar-refractivity contribution < 1.29 is 14.3 Å². The number of aromatic nitrogens is 3. The van der Waals surface area contributed by atoms with Crippen molar-refractivity contribution in [3.8, 4) is 5.69 Å². The molecule has 2 N–H and O–H groups in total. The van der Waals surface area contributed by atoms with Crippen LogP contribution < -0.4 is 15.5 Å². The van der Waals surface area contributed by atoms with E-state index in [4.69, 9.17) is 4.74 Å². The summed E-state index contributed by atoms with van der Waals surface area (Å²) in [5, 5.41) is 14.1. The fourth-order valence-corrected chi connectivity index (χ4v) is 3.59. The molecule has 3 amide bonds. The van der Waals surface area contributed by atoms with E-state index in [9.17, 15) is 9.59 Å². The number of nitrogens with one attached hydrogen (secondary N) is 2. The highest BCUT2D eigenvalue weighted by atomic mass is 32.2. The lowest BCUT2D eigenvalue weighted by Crippen LogP contribution is -2.40. The van der Waals surface area contributed by atoms with Crippen LogP contribution >= 0.6 is 11.8 Å². The van der Waals surface area contributed by atoms with Gasteiger partial charge in [0.25, 0.3) is 0 Å². The highest BCUT2D eigenvalue weighted by molar-refractivity contribution is 7.99. The summed E-state index contributed by atoms with van der Waals surface area (Å²) in [5.74, 6) is 0.340. The third-order valence-corrected chi connectivity index (χ3v) is 5.19. The first-order chi connectivity index (χ1) is 14.1. The van der Waals surface area contributed by atoms with E-state index < -0.39 is 11.9 Å². The van der Waals surface area contributed by atoms with Gasteiger partial charge in [-0.2, -0.15) is 0 Å². The average Bonchev–Trinajstić information content (AvgIpc) is 3.15. The summed E-state index contributed by atoms with van der Waals surface area (Å²) >= 11 is 1.23. The van der Waals surface area contributed by atoms with Gasteiger partial charge >= 0.3 is 6.03 Å². The van der Waals surface area contributed by atoms with Crippen molar-refractivity contribution in [2.45, 2.75) is 12.1 Å². The highest BCUT2D eigenvalue weighted by Gasteiger charge is 2.23. The van der Waals surface area contributed by atoms with E-state index in [0.29, 0.717) is 24.3 Å². The number of amides is 3. The van der Waals surface area contributed by atoms with Crippen LogP contribution in [-0.2, 0) is 9.53 Å². The number of thioether (sulfide) groups is 1. The van der Waals surface area contributed by atoms with Crippen LogP contribution in [0.25, 0.3) is 5.69 Å². The van der Waals surface area contributed by atoms with Gasteiger partial charge in [0.2, 0.25) is 11.9 Å². The van der Waals surface area contributed by atoms with Crippen molar-refractivity contribution in [2.24, 2.45) is 0 Å². The molecule has 1 saturated heterocycles. The number of hydrogen-bond acceptors (Lipinski definition) is 7. The zero-order valence-corrected chi connectivity index (χ0v) is 17.1. The number of ether oxygens (including phenoxy) is 1. The zero-order chi connectivity index (χ0) is 20.6. The Morgan fingerprint density at radius 3 is 2.76 bits per heavy atom. The Labute approximate surface area is 173 Å². The highest BCUT2D eigenvalue weighted by Crippen LogP contribution is 2.28. The second-order valence-electron chi connectivity index (χ2n) is 6.34. The van der Waals surface area contributed by atoms with Gasteiger partial charge in [0.15, 0.2) is 5.16 Å². The average molecular weight is 417 g/mol. The van der Waals surface area contributed by atoms with E-state index in [-0.39, 0.29) is 12.3 Å². The molecular formula is C19H24N6O3S. The van der Waals surface area contributed by atoms with Crippen molar-refractivity contribution in [1.82, 2.24) is 25.4 Å². The number of benzene rings is 1. The number of urea groups is 1. The first-order valence-electron chi connectivity index (χ1n) is 9.25. The summed E-state index contributed by atoms with van der Waals surface area (Å²) in [7, 11) is 0. The molecule has 1 aromatic carbocycles. The number of nitrogens with zero attached hydrogens (tertiary/aromatic N) is 4. The Bertz CT molecular complexity index is 879. The van der Waals surface area contributed by atoms with Crippen LogP contribution in [0.1, 0.15) is 5.56 Å². The number of hydrogen-bond donors (Lipinski definition) is 2. The van der Waals surface area contributed by atoms with Crippen molar-refractivity contribution >= 4 is 29.6 Å². The summed E-state index contributed by atoms with van der Waals surface area (Å²) in [4.78, 5) is 25.8. The molecule has 0 saturated carbocycles. The number of morpholine rings is 1. The lowest BCUT2D eigenvalue weighted by Gasteiger charge is -2.28. The van der Waals surface area contributed by atoms with Gasteiger partial charge in [-0.1, -0.05) is 36.0 Å². The van der Waals surface area contributed by atoms with Gasteiger partial charge in [-0.05, 0) is 18.6 Å². The molecule has 0 unspecified atom stereocenters. The van der Waals surface area contributed by atoms with Gasteiger partial charge < -0.3 is 15.0 Å². The van der Waals surface area contributed by atoms with Gasteiger partial charge in [0.1, 0.15) is 0 Å². The SMILES string of the molecule is C=CCNC(=O)NC(=O)CSc1nnc(N2CCOCC2)n1-c1ccccc1C. The minimum Gasteiger partial charge on any atom is -0.378 e. The summed E-state index contributed by atoms with van der Waals surface area (Å²) in [6.45, 7) is 8.52. The number of aryl methyl sites for hydroxylation is 1. The van der Waals surface area contributed by atoms with E-state index in [1.54, 1.807) is 0 Å². The molecule has 1 aliphatic rings. The molecule has 1 aliphatic heterocycles. The molecule has 1 aromatic heterocycles. The maximum Gasteiger partial charge on any atom is 0.321 e. The molecule has 0 atom stereocenters. The standard InChI is InChI=1S/C19H24N6O3S/c1-3-8-20-17(27)21-16(26)13-29-19-23-22-18(24-9-11-28-12-10-24)25(19)15-7-5-4-6-14(15)2/h3-7H,1,8-13H2,2H3,(H2,20,21,26,27). The van der Waals surface area contributed by atoms with E-state index in [1.807, 2.05) is 35.8 Å². The van der Waals surface area contributed by atoms with Crippen molar-refractivity contribution in [1.29, 1.82) is 0 Å². The number of imide groups is 1. The quantitative estimate of drug-likeness (QED) is 0.521. The van der Waals surface area contributed by atoms with E-state index in [2.05, 4.69) is 32.3 Å². The Morgan fingerprint density at radius 2 is 2.03 bits per heavy atom. The van der Waals surface area contributed by atoms with Crippen LogP contribution in [0.15, 0.2) is 42.1 Å². The van der Waals surface area contributed by atoms with Crippen molar-refractivity contribution in [3.05, 3.63) is 42.5 Å². The number of rotatable bonds is 7. The third-order valence-electron chi connectivity index (χ3n) is 4.26. The molecule has 0 radical (unpaired) electrons. The second kappa shape index (κ2) is 10.1. The maximum atomic E-state index is 12.1. The number of anilines is 1. The van der Waals surface area contributed by atoms with Crippen LogP contribution in [0, 0.1) is 6.92 Å². The van der Waals surface area contributed by atoms with Crippen molar-refractivity contribution in [2.75, 3.05) is 43.5 Å². The zero-order valence-electron chi connectivity index (χ0n) is 16.3. The monoisotopic (exact) mass is 416 g/mol. The maximum absolute atomic E-state index is 12.1. The largest absolute Gasteiger partial charge is 0.378 e. The lowest BCUT2D eigenvalue weighted by atomic mass is 10.2. The van der Waals surface area contributed by atoms with Crippen LogP contribution in [0.5, 0.6) is 0 Å². The second-order valence-corrected chi connectivity index (χ2v) is 7.28. The first-order valence-corrected chi connectivity index (χ1v) is 10.2. The molecule has 3 rings (SSSR count). The van der Waals surface area contributed by atoms with Crippen LogP contribution in [0.2, 0.25) is 0 Å². The summed E-state index contributed by atoms with van der Waals surface area (Å²) < 4.78 is 7.39. The van der Waals surface area contributed by atoms with Gasteiger partial charge in [-0.15, -0.1) is 16.8 Å². The van der Waals surface area contributed by atoms with Crippen LogP contribution in [0.4, 0.5) is 10.7 Å². The third kappa shape index (κ3) is 5.36.